The first kappa shape index (κ1) is 15.2. The number of carbonyl (C=O) groups is 1. The minimum absolute atomic E-state index is 0.0535. The highest BCUT2D eigenvalue weighted by atomic mass is 32.1. The van der Waals surface area contributed by atoms with E-state index in [1.165, 1.54) is 10.4 Å². The van der Waals surface area contributed by atoms with E-state index in [4.69, 9.17) is 0 Å². The first-order chi connectivity index (χ1) is 10.7. The Labute approximate surface area is 135 Å². The first-order valence-electron chi connectivity index (χ1n) is 7.67. The number of pyridine rings is 1. The van der Waals surface area contributed by atoms with Crippen molar-refractivity contribution in [3.05, 3.63) is 52.0 Å². The van der Waals surface area contributed by atoms with Crippen LogP contribution in [-0.4, -0.2) is 34.9 Å². The number of rotatable bonds is 4. The maximum absolute atomic E-state index is 12.0. The van der Waals surface area contributed by atoms with Crippen molar-refractivity contribution in [1.29, 1.82) is 0 Å². The largest absolute Gasteiger partial charge is 0.351 e. The second-order valence-electron chi connectivity index (χ2n) is 5.77. The van der Waals surface area contributed by atoms with Gasteiger partial charge in [0.2, 0.25) is 0 Å². The lowest BCUT2D eigenvalue weighted by Gasteiger charge is -2.38. The van der Waals surface area contributed by atoms with Gasteiger partial charge in [-0.1, -0.05) is 0 Å². The van der Waals surface area contributed by atoms with Gasteiger partial charge in [0.1, 0.15) is 0 Å². The average Bonchev–Trinajstić information content (AvgIpc) is 2.99. The normalized spacial score (nSPS) is 21.4. The number of carbonyl (C=O) groups excluding carboxylic acids is 1. The van der Waals surface area contributed by atoms with Crippen LogP contribution in [0, 0.1) is 0 Å². The maximum Gasteiger partial charge on any atom is 0.252 e. The molecule has 1 aliphatic rings. The molecule has 5 heteroatoms. The van der Waals surface area contributed by atoms with Crippen molar-refractivity contribution < 1.29 is 4.79 Å². The van der Waals surface area contributed by atoms with E-state index in [1.54, 1.807) is 24.5 Å². The highest BCUT2D eigenvalue weighted by molar-refractivity contribution is 7.10. The van der Waals surface area contributed by atoms with Crippen LogP contribution in [0.25, 0.3) is 0 Å². The van der Waals surface area contributed by atoms with Gasteiger partial charge in [0, 0.05) is 42.4 Å². The number of amides is 1. The van der Waals surface area contributed by atoms with Crippen LogP contribution in [0.1, 0.15) is 40.7 Å². The predicted molar refractivity (Wildman–Crippen MR) is 89.2 cm³/mol. The molecule has 0 bridgehead atoms. The van der Waals surface area contributed by atoms with E-state index in [9.17, 15) is 4.79 Å². The molecule has 2 aromatic heterocycles. The Morgan fingerprint density at radius 3 is 3.09 bits per heavy atom. The van der Waals surface area contributed by atoms with Gasteiger partial charge in [0.05, 0.1) is 5.56 Å². The zero-order chi connectivity index (χ0) is 15.5. The third-order valence-electron chi connectivity index (χ3n) is 4.32. The average molecular weight is 315 g/mol. The molecule has 0 spiro atoms. The van der Waals surface area contributed by atoms with Crippen molar-refractivity contribution in [2.24, 2.45) is 0 Å². The van der Waals surface area contributed by atoms with Gasteiger partial charge in [-0.25, -0.2) is 0 Å². The number of fused-ring (bicyclic) bond motifs is 1. The molecule has 1 amide bonds. The van der Waals surface area contributed by atoms with E-state index < -0.39 is 0 Å². The molecular weight excluding hydrogens is 294 g/mol. The van der Waals surface area contributed by atoms with Crippen LogP contribution in [0.4, 0.5) is 0 Å². The molecule has 4 nitrogen and oxygen atoms in total. The van der Waals surface area contributed by atoms with E-state index in [0.29, 0.717) is 24.2 Å². The van der Waals surface area contributed by atoms with Crippen LogP contribution in [-0.2, 0) is 6.42 Å². The summed E-state index contributed by atoms with van der Waals surface area (Å²) in [5.41, 5.74) is 2.10. The van der Waals surface area contributed by atoms with Gasteiger partial charge in [-0.3, -0.25) is 14.7 Å². The van der Waals surface area contributed by atoms with Crippen molar-refractivity contribution in [1.82, 2.24) is 15.2 Å². The number of aromatic nitrogens is 1. The quantitative estimate of drug-likeness (QED) is 0.943. The fraction of sp³-hybridized carbons (Fsp3) is 0.412. The van der Waals surface area contributed by atoms with Crippen molar-refractivity contribution in [3.8, 4) is 0 Å². The smallest absolute Gasteiger partial charge is 0.252 e. The minimum Gasteiger partial charge on any atom is -0.351 e. The fourth-order valence-electron chi connectivity index (χ4n) is 3.16. The Bertz CT molecular complexity index is 640. The Kier molecular flexibility index (Phi) is 4.55. The molecule has 0 unspecified atom stereocenters. The number of hydrogen-bond donors (Lipinski definition) is 1. The third-order valence-corrected chi connectivity index (χ3v) is 5.45. The fourth-order valence-corrected chi connectivity index (χ4v) is 4.18. The van der Waals surface area contributed by atoms with Crippen LogP contribution in [0.3, 0.4) is 0 Å². The topological polar surface area (TPSA) is 45.2 Å². The second-order valence-corrected chi connectivity index (χ2v) is 6.72. The summed E-state index contributed by atoms with van der Waals surface area (Å²) < 4.78 is 0. The lowest BCUT2D eigenvalue weighted by atomic mass is 9.97. The maximum atomic E-state index is 12.0. The van der Waals surface area contributed by atoms with E-state index in [-0.39, 0.29) is 5.91 Å². The molecule has 0 saturated carbocycles. The molecule has 0 saturated heterocycles. The van der Waals surface area contributed by atoms with Gasteiger partial charge in [-0.2, -0.15) is 0 Å². The van der Waals surface area contributed by atoms with Crippen molar-refractivity contribution in [3.63, 3.8) is 0 Å². The van der Waals surface area contributed by atoms with E-state index in [2.05, 4.69) is 40.5 Å². The lowest BCUT2D eigenvalue weighted by molar-refractivity contribution is 0.0930. The summed E-state index contributed by atoms with van der Waals surface area (Å²) in [7, 11) is 0. The van der Waals surface area contributed by atoms with Gasteiger partial charge in [0.25, 0.3) is 5.91 Å². The number of thiophene rings is 1. The summed E-state index contributed by atoms with van der Waals surface area (Å²) in [4.78, 5) is 20.0. The molecule has 2 aromatic rings. The van der Waals surface area contributed by atoms with Crippen molar-refractivity contribution in [2.75, 3.05) is 13.1 Å². The number of hydrogen-bond acceptors (Lipinski definition) is 4. The molecule has 0 fully saturated rings. The van der Waals surface area contributed by atoms with E-state index in [0.717, 1.165) is 13.0 Å². The summed E-state index contributed by atoms with van der Waals surface area (Å²) in [5, 5.41) is 5.17. The molecule has 0 aromatic carbocycles. The Balaban J connectivity index is 1.57. The monoisotopic (exact) mass is 315 g/mol. The third kappa shape index (κ3) is 3.05. The van der Waals surface area contributed by atoms with Crippen molar-refractivity contribution in [2.45, 2.75) is 32.4 Å². The Hall–Kier alpha value is -1.72. The molecule has 3 heterocycles. The summed E-state index contributed by atoms with van der Waals surface area (Å²) in [6.45, 7) is 6.04. The number of nitrogens with one attached hydrogen (secondary N) is 1. The summed E-state index contributed by atoms with van der Waals surface area (Å²) in [5.74, 6) is -0.0535. The minimum atomic E-state index is -0.0535. The van der Waals surface area contributed by atoms with Crippen molar-refractivity contribution >= 4 is 17.2 Å². The molecular formula is C17H21N3OS. The molecule has 22 heavy (non-hydrogen) atoms. The molecule has 0 radical (unpaired) electrons. The second kappa shape index (κ2) is 6.58. The molecule has 1 aliphatic heterocycles. The van der Waals surface area contributed by atoms with Gasteiger partial charge in [-0.15, -0.1) is 11.3 Å². The van der Waals surface area contributed by atoms with E-state index in [1.807, 2.05) is 11.3 Å². The van der Waals surface area contributed by atoms with Gasteiger partial charge in [-0.05, 0) is 49.4 Å². The molecule has 116 valence electrons. The molecule has 1 N–H and O–H groups in total. The van der Waals surface area contributed by atoms with Crippen LogP contribution in [0.15, 0.2) is 36.0 Å². The Morgan fingerprint density at radius 2 is 2.32 bits per heavy atom. The zero-order valence-corrected chi connectivity index (χ0v) is 13.8. The summed E-state index contributed by atoms with van der Waals surface area (Å²) in [6.07, 6.45) is 4.37. The first-order valence-corrected chi connectivity index (χ1v) is 8.55. The summed E-state index contributed by atoms with van der Waals surface area (Å²) in [6, 6.07) is 6.74. The Morgan fingerprint density at radius 1 is 1.45 bits per heavy atom. The highest BCUT2D eigenvalue weighted by Crippen LogP contribution is 2.35. The molecule has 0 aliphatic carbocycles. The van der Waals surface area contributed by atoms with Gasteiger partial charge < -0.3 is 5.32 Å². The lowest BCUT2D eigenvalue weighted by Crippen LogP contribution is -2.44. The molecule has 2 atom stereocenters. The van der Waals surface area contributed by atoms with Gasteiger partial charge in [0.15, 0.2) is 0 Å². The molecule has 3 rings (SSSR count). The SMILES string of the molecule is C[C@@H]1Cc2ccsc2[C@H](C)N1CCNC(=O)c1cccnc1. The van der Waals surface area contributed by atoms with Crippen LogP contribution < -0.4 is 5.32 Å². The zero-order valence-electron chi connectivity index (χ0n) is 13.0. The predicted octanol–water partition coefficient (Wildman–Crippen LogP) is 2.88. The van der Waals surface area contributed by atoms with Crippen LogP contribution >= 0.6 is 11.3 Å². The van der Waals surface area contributed by atoms with Gasteiger partial charge >= 0.3 is 0 Å². The summed E-state index contributed by atoms with van der Waals surface area (Å²) >= 11 is 1.84. The van der Waals surface area contributed by atoms with Crippen LogP contribution in [0.2, 0.25) is 0 Å². The standard InChI is InChI=1S/C17H21N3OS/c1-12-10-14-5-9-22-16(14)13(2)20(12)8-7-19-17(21)15-4-3-6-18-11-15/h3-6,9,11-13H,7-8,10H2,1-2H3,(H,19,21)/t12-,13+/m1/s1. The number of nitrogens with zero attached hydrogens (tertiary/aromatic N) is 2. The van der Waals surface area contributed by atoms with E-state index >= 15 is 0 Å². The van der Waals surface area contributed by atoms with Crippen LogP contribution in [0.5, 0.6) is 0 Å². The highest BCUT2D eigenvalue weighted by Gasteiger charge is 2.29.